The standard InChI is InChI=1S/C29H23F2N7O4/c30-24(31)25-34-22-23(26(39)35-25)38(16-18-10-7-9-17-8-1-2-11-19(17)18)29(41)37(28(22)40)15-6-4-13-21-33-27(42-36-21)20-12-3-5-14-32-20/h1-3,5,7-12,14,24H,4,6,13,15-16H2,(H,34,35,39). The van der Waals surface area contributed by atoms with Crippen LogP contribution in [0, 0.1) is 0 Å². The van der Waals surface area contributed by atoms with Gasteiger partial charge in [0.2, 0.25) is 0 Å². The molecule has 0 saturated carbocycles. The van der Waals surface area contributed by atoms with Crippen LogP contribution >= 0.6 is 0 Å². The molecular formula is C29H23F2N7O4. The number of nitrogens with one attached hydrogen (secondary N) is 1. The highest BCUT2D eigenvalue weighted by molar-refractivity contribution is 5.85. The summed E-state index contributed by atoms with van der Waals surface area (Å²) in [4.78, 5) is 54.3. The Bertz CT molecular complexity index is 2080. The third kappa shape index (κ3) is 5.11. The molecule has 42 heavy (non-hydrogen) atoms. The Labute approximate surface area is 235 Å². The van der Waals surface area contributed by atoms with E-state index in [0.29, 0.717) is 36.3 Å². The maximum atomic E-state index is 13.7. The summed E-state index contributed by atoms with van der Waals surface area (Å²) in [7, 11) is 0. The first-order valence-corrected chi connectivity index (χ1v) is 13.2. The molecule has 6 aromatic rings. The van der Waals surface area contributed by atoms with Crippen molar-refractivity contribution in [3.63, 3.8) is 0 Å². The summed E-state index contributed by atoms with van der Waals surface area (Å²) in [6, 6.07) is 18.3. The summed E-state index contributed by atoms with van der Waals surface area (Å²) in [6.45, 7) is -0.110. The van der Waals surface area contributed by atoms with Gasteiger partial charge < -0.3 is 9.51 Å². The van der Waals surface area contributed by atoms with Gasteiger partial charge in [0.25, 0.3) is 23.4 Å². The fraction of sp³-hybridized carbons (Fsp3) is 0.207. The van der Waals surface area contributed by atoms with Crippen molar-refractivity contribution in [3.8, 4) is 11.6 Å². The first-order chi connectivity index (χ1) is 20.4. The summed E-state index contributed by atoms with van der Waals surface area (Å²) >= 11 is 0. The molecule has 2 aromatic carbocycles. The predicted octanol–water partition coefficient (Wildman–Crippen LogP) is 3.85. The number of pyridine rings is 1. The maximum absolute atomic E-state index is 13.7. The van der Waals surface area contributed by atoms with Crippen molar-refractivity contribution < 1.29 is 13.3 Å². The van der Waals surface area contributed by atoms with Gasteiger partial charge in [0.05, 0.1) is 6.54 Å². The van der Waals surface area contributed by atoms with Crippen molar-refractivity contribution in [2.45, 2.75) is 38.8 Å². The van der Waals surface area contributed by atoms with Gasteiger partial charge in [0.15, 0.2) is 17.2 Å². The summed E-state index contributed by atoms with van der Waals surface area (Å²) in [5.41, 5.74) is -2.24. The highest BCUT2D eigenvalue weighted by Gasteiger charge is 2.21. The van der Waals surface area contributed by atoms with Gasteiger partial charge in [-0.25, -0.2) is 18.6 Å². The first-order valence-electron chi connectivity index (χ1n) is 13.2. The van der Waals surface area contributed by atoms with Gasteiger partial charge in [-0.1, -0.05) is 53.7 Å². The molecule has 0 fully saturated rings. The number of H-pyrrole nitrogens is 1. The number of aryl methyl sites for hydroxylation is 1. The minimum absolute atomic E-state index is 0.0351. The van der Waals surface area contributed by atoms with Gasteiger partial charge >= 0.3 is 5.69 Å². The van der Waals surface area contributed by atoms with Crippen LogP contribution in [0.2, 0.25) is 0 Å². The minimum atomic E-state index is -3.11. The normalized spacial score (nSPS) is 11.6. The van der Waals surface area contributed by atoms with E-state index in [4.69, 9.17) is 4.52 Å². The van der Waals surface area contributed by atoms with Crippen LogP contribution in [-0.2, 0) is 19.5 Å². The van der Waals surface area contributed by atoms with Gasteiger partial charge in [0.1, 0.15) is 11.2 Å². The number of alkyl halides is 2. The summed E-state index contributed by atoms with van der Waals surface area (Å²) in [6.07, 6.45) is -0.261. The van der Waals surface area contributed by atoms with E-state index in [1.54, 1.807) is 30.5 Å². The van der Waals surface area contributed by atoms with Crippen LogP contribution in [0.4, 0.5) is 8.78 Å². The van der Waals surface area contributed by atoms with E-state index in [9.17, 15) is 23.2 Å². The molecule has 6 rings (SSSR count). The molecule has 13 heteroatoms. The van der Waals surface area contributed by atoms with E-state index in [0.717, 1.165) is 19.9 Å². The van der Waals surface area contributed by atoms with Gasteiger partial charge in [-0.15, -0.1) is 0 Å². The van der Waals surface area contributed by atoms with Crippen LogP contribution in [0.15, 0.2) is 85.8 Å². The van der Waals surface area contributed by atoms with E-state index < -0.39 is 34.6 Å². The third-order valence-corrected chi connectivity index (χ3v) is 6.89. The number of nitrogens with zero attached hydrogens (tertiary/aromatic N) is 6. The molecule has 0 aliphatic carbocycles. The molecular weight excluding hydrogens is 548 g/mol. The van der Waals surface area contributed by atoms with E-state index in [2.05, 4.69) is 20.1 Å². The van der Waals surface area contributed by atoms with Crippen LogP contribution in [-0.4, -0.2) is 34.2 Å². The SMILES string of the molecule is O=c1[nH]c(C(F)F)nc2c(=O)n(CCCCc3noc(-c4ccccn4)n3)c(=O)n(Cc3cccc4ccccc34)c12. The quantitative estimate of drug-likeness (QED) is 0.258. The van der Waals surface area contributed by atoms with E-state index in [1.165, 1.54) is 0 Å². The number of aromatic amines is 1. The van der Waals surface area contributed by atoms with Crippen molar-refractivity contribution in [1.29, 1.82) is 0 Å². The van der Waals surface area contributed by atoms with E-state index >= 15 is 0 Å². The average molecular weight is 572 g/mol. The molecule has 0 bridgehead atoms. The molecule has 0 amide bonds. The van der Waals surface area contributed by atoms with Crippen molar-refractivity contribution in [2.24, 2.45) is 0 Å². The van der Waals surface area contributed by atoms with Crippen LogP contribution in [0.25, 0.3) is 33.4 Å². The number of fused-ring (bicyclic) bond motifs is 2. The number of halogens is 2. The molecule has 0 atom stereocenters. The number of hydrogen-bond acceptors (Lipinski definition) is 8. The van der Waals surface area contributed by atoms with Crippen molar-refractivity contribution in [3.05, 3.63) is 115 Å². The fourth-order valence-corrected chi connectivity index (χ4v) is 4.89. The summed E-state index contributed by atoms with van der Waals surface area (Å²) in [5.74, 6) is -0.226. The van der Waals surface area contributed by atoms with Crippen molar-refractivity contribution in [2.75, 3.05) is 0 Å². The van der Waals surface area contributed by atoms with Crippen LogP contribution in [0.5, 0.6) is 0 Å². The lowest BCUT2D eigenvalue weighted by Gasteiger charge is -2.15. The number of benzene rings is 2. The lowest BCUT2D eigenvalue weighted by molar-refractivity contribution is 0.140. The molecule has 4 aromatic heterocycles. The summed E-state index contributed by atoms with van der Waals surface area (Å²) in [5, 5.41) is 5.72. The van der Waals surface area contributed by atoms with Crippen LogP contribution in [0.3, 0.4) is 0 Å². The molecule has 0 radical (unpaired) electrons. The Morgan fingerprint density at radius 2 is 1.71 bits per heavy atom. The van der Waals surface area contributed by atoms with Gasteiger partial charge in [0, 0.05) is 19.2 Å². The van der Waals surface area contributed by atoms with Crippen LogP contribution in [0.1, 0.15) is 36.5 Å². The smallest absolute Gasteiger partial charge is 0.332 e. The molecule has 0 aliphatic heterocycles. The van der Waals surface area contributed by atoms with Gasteiger partial charge in [-0.05, 0) is 41.3 Å². The maximum Gasteiger partial charge on any atom is 0.332 e. The third-order valence-electron chi connectivity index (χ3n) is 6.89. The Hall–Kier alpha value is -5.33. The zero-order valence-electron chi connectivity index (χ0n) is 22.0. The lowest BCUT2D eigenvalue weighted by atomic mass is 10.0. The van der Waals surface area contributed by atoms with E-state index in [-0.39, 0.29) is 24.5 Å². The second-order valence-corrected chi connectivity index (χ2v) is 9.60. The number of hydrogen-bond donors (Lipinski definition) is 1. The molecule has 0 saturated heterocycles. The first kappa shape index (κ1) is 26.9. The molecule has 0 spiro atoms. The molecule has 212 valence electrons. The second kappa shape index (κ2) is 11.3. The van der Waals surface area contributed by atoms with Gasteiger partial charge in [-0.3, -0.25) is 23.7 Å². The zero-order valence-corrected chi connectivity index (χ0v) is 22.0. The van der Waals surface area contributed by atoms with Crippen molar-refractivity contribution in [1.82, 2.24) is 34.2 Å². The Morgan fingerprint density at radius 1 is 0.905 bits per heavy atom. The Balaban J connectivity index is 1.33. The molecule has 0 aliphatic rings. The minimum Gasteiger partial charge on any atom is -0.332 e. The highest BCUT2D eigenvalue weighted by atomic mass is 19.3. The Morgan fingerprint density at radius 3 is 2.52 bits per heavy atom. The largest absolute Gasteiger partial charge is 0.332 e. The van der Waals surface area contributed by atoms with Gasteiger partial charge in [-0.2, -0.15) is 4.98 Å². The number of rotatable bonds is 9. The van der Waals surface area contributed by atoms with Crippen LogP contribution < -0.4 is 16.8 Å². The predicted molar refractivity (Wildman–Crippen MR) is 149 cm³/mol. The molecule has 4 heterocycles. The number of unbranched alkanes of at least 4 members (excludes halogenated alkanes) is 1. The highest BCUT2D eigenvalue weighted by Crippen LogP contribution is 2.20. The van der Waals surface area contributed by atoms with Crippen molar-refractivity contribution >= 4 is 21.8 Å². The molecule has 11 nitrogen and oxygen atoms in total. The zero-order chi connectivity index (χ0) is 29.2. The fourth-order valence-electron chi connectivity index (χ4n) is 4.89. The lowest BCUT2D eigenvalue weighted by Crippen LogP contribution is -2.43. The summed E-state index contributed by atoms with van der Waals surface area (Å²) < 4.78 is 34.3. The Kier molecular flexibility index (Phi) is 7.21. The number of aromatic nitrogens is 7. The molecule has 1 N–H and O–H groups in total. The monoisotopic (exact) mass is 571 g/mol. The molecule has 0 unspecified atom stereocenters. The van der Waals surface area contributed by atoms with E-state index in [1.807, 2.05) is 41.4 Å². The topological polar surface area (TPSA) is 142 Å². The second-order valence-electron chi connectivity index (χ2n) is 9.60. The average Bonchev–Trinajstić information content (AvgIpc) is 3.48.